The highest BCUT2D eigenvalue weighted by Gasteiger charge is 2.28. The first-order chi connectivity index (χ1) is 13.5. The Kier molecular flexibility index (Phi) is 5.89. The minimum atomic E-state index is -0.940. The van der Waals surface area contributed by atoms with E-state index in [1.54, 1.807) is 26.0 Å². The molecule has 0 spiro atoms. The number of benzene rings is 2. The second-order valence-corrected chi connectivity index (χ2v) is 6.47. The van der Waals surface area contributed by atoms with Gasteiger partial charge in [0.15, 0.2) is 0 Å². The second-order valence-electron chi connectivity index (χ2n) is 6.47. The van der Waals surface area contributed by atoms with Gasteiger partial charge in [-0.1, -0.05) is 48.5 Å². The summed E-state index contributed by atoms with van der Waals surface area (Å²) in [5.74, 6) is -2.08. The van der Waals surface area contributed by atoms with E-state index in [0.29, 0.717) is 16.6 Å². The Morgan fingerprint density at radius 3 is 2.43 bits per heavy atom. The Morgan fingerprint density at radius 1 is 1.04 bits per heavy atom. The van der Waals surface area contributed by atoms with Gasteiger partial charge in [-0.15, -0.1) is 0 Å². The number of aryl methyl sites for hydroxylation is 1. The summed E-state index contributed by atoms with van der Waals surface area (Å²) in [6.07, 6.45) is 0.242. The smallest absolute Gasteiger partial charge is 0.328 e. The number of aromatic amines is 1. The number of amides is 1. The molecule has 1 amide bonds. The van der Waals surface area contributed by atoms with Gasteiger partial charge in [-0.25, -0.2) is 4.79 Å². The zero-order valence-electron chi connectivity index (χ0n) is 15.8. The number of nitrogens with one attached hydrogen (secondary N) is 2. The Balaban J connectivity index is 1.83. The summed E-state index contributed by atoms with van der Waals surface area (Å²) < 4.78 is 5.07. The molecule has 0 radical (unpaired) electrons. The number of hydrogen-bond donors (Lipinski definition) is 2. The van der Waals surface area contributed by atoms with Gasteiger partial charge < -0.3 is 15.0 Å². The number of rotatable bonds is 7. The van der Waals surface area contributed by atoms with Gasteiger partial charge in [-0.05, 0) is 25.5 Å². The Labute approximate surface area is 162 Å². The topological polar surface area (TPSA) is 88.3 Å². The standard InChI is InChI=1S/C22H22N2O4/c1-3-28-22(27)18(13-15-9-5-4-6-10-15)24-21(26)20(25)19-14(2)23-17-12-8-7-11-16(17)19/h4-12,18,23H,3,13H2,1-2H3,(H,24,26)/t18-/m1/s1. The van der Waals surface area contributed by atoms with Crippen LogP contribution in [0.1, 0.15) is 28.5 Å². The van der Waals surface area contributed by atoms with E-state index in [1.165, 1.54) is 0 Å². The lowest BCUT2D eigenvalue weighted by atomic mass is 10.0. The van der Waals surface area contributed by atoms with Crippen molar-refractivity contribution in [3.8, 4) is 0 Å². The zero-order valence-corrected chi connectivity index (χ0v) is 15.8. The molecule has 2 N–H and O–H groups in total. The molecule has 3 rings (SSSR count). The zero-order chi connectivity index (χ0) is 20.1. The monoisotopic (exact) mass is 378 g/mol. The van der Waals surface area contributed by atoms with E-state index in [0.717, 1.165) is 11.1 Å². The third kappa shape index (κ3) is 4.11. The van der Waals surface area contributed by atoms with Crippen LogP contribution in [0.5, 0.6) is 0 Å². The van der Waals surface area contributed by atoms with Gasteiger partial charge in [-0.3, -0.25) is 9.59 Å². The van der Waals surface area contributed by atoms with Crippen LogP contribution in [0.3, 0.4) is 0 Å². The van der Waals surface area contributed by atoms with Crippen molar-refractivity contribution in [1.29, 1.82) is 0 Å². The van der Waals surface area contributed by atoms with E-state index in [2.05, 4.69) is 10.3 Å². The van der Waals surface area contributed by atoms with Crippen LogP contribution in [0, 0.1) is 6.92 Å². The average molecular weight is 378 g/mol. The molecule has 0 saturated carbocycles. The van der Waals surface area contributed by atoms with E-state index in [-0.39, 0.29) is 13.0 Å². The molecule has 2 aromatic carbocycles. The summed E-state index contributed by atoms with van der Waals surface area (Å²) in [5, 5.41) is 3.23. The van der Waals surface area contributed by atoms with E-state index in [1.807, 2.05) is 42.5 Å². The van der Waals surface area contributed by atoms with Crippen molar-refractivity contribution in [2.24, 2.45) is 0 Å². The third-order valence-electron chi connectivity index (χ3n) is 4.49. The number of fused-ring (bicyclic) bond motifs is 1. The highest BCUT2D eigenvalue weighted by atomic mass is 16.5. The molecule has 1 aromatic heterocycles. The number of carbonyl (C=O) groups is 3. The molecule has 0 fully saturated rings. The van der Waals surface area contributed by atoms with E-state index >= 15 is 0 Å². The van der Waals surface area contributed by atoms with Crippen LogP contribution in [0.4, 0.5) is 0 Å². The van der Waals surface area contributed by atoms with Crippen LogP contribution in [-0.2, 0) is 20.7 Å². The van der Waals surface area contributed by atoms with Gasteiger partial charge in [0.05, 0.1) is 12.2 Å². The van der Waals surface area contributed by atoms with Gasteiger partial charge in [-0.2, -0.15) is 0 Å². The second kappa shape index (κ2) is 8.52. The van der Waals surface area contributed by atoms with Crippen LogP contribution in [0.25, 0.3) is 10.9 Å². The molecule has 0 aliphatic rings. The summed E-state index contributed by atoms with van der Waals surface area (Å²) in [5.41, 5.74) is 2.56. The Bertz CT molecular complexity index is 1010. The number of carbonyl (C=O) groups excluding carboxylic acids is 3. The Hall–Kier alpha value is -3.41. The maximum absolute atomic E-state index is 12.8. The number of esters is 1. The number of aromatic nitrogens is 1. The molecule has 6 heteroatoms. The van der Waals surface area contributed by atoms with Crippen molar-refractivity contribution in [3.05, 3.63) is 71.4 Å². The number of para-hydroxylation sites is 1. The number of H-pyrrole nitrogens is 1. The van der Waals surface area contributed by atoms with Crippen molar-refractivity contribution in [1.82, 2.24) is 10.3 Å². The molecule has 0 aliphatic carbocycles. The van der Waals surface area contributed by atoms with Crippen molar-refractivity contribution in [2.75, 3.05) is 6.61 Å². The highest BCUT2D eigenvalue weighted by Crippen LogP contribution is 2.22. The van der Waals surface area contributed by atoms with E-state index < -0.39 is 23.7 Å². The summed E-state index contributed by atoms with van der Waals surface area (Å²) in [7, 11) is 0. The summed E-state index contributed by atoms with van der Waals surface area (Å²) in [4.78, 5) is 40.9. The molecule has 6 nitrogen and oxygen atoms in total. The first-order valence-electron chi connectivity index (χ1n) is 9.14. The molecule has 3 aromatic rings. The lowest BCUT2D eigenvalue weighted by molar-refractivity contribution is -0.146. The number of Topliss-reactive ketones (excluding diaryl/α,β-unsaturated/α-hetero) is 1. The Morgan fingerprint density at radius 2 is 1.71 bits per heavy atom. The SMILES string of the molecule is CCOC(=O)[C@@H](Cc1ccccc1)NC(=O)C(=O)c1c(C)[nH]c2ccccc12. The molecule has 0 aliphatic heterocycles. The normalized spacial score (nSPS) is 11.8. The van der Waals surface area contributed by atoms with Gasteiger partial charge in [0.25, 0.3) is 11.7 Å². The summed E-state index contributed by atoms with van der Waals surface area (Å²) in [6, 6.07) is 15.6. The quantitative estimate of drug-likeness (QED) is 0.376. The van der Waals surface area contributed by atoms with Crippen LogP contribution in [0.15, 0.2) is 54.6 Å². The number of hydrogen-bond acceptors (Lipinski definition) is 4. The minimum absolute atomic E-state index is 0.190. The van der Waals surface area contributed by atoms with Gasteiger partial charge in [0.2, 0.25) is 0 Å². The first kappa shape index (κ1) is 19.4. The molecule has 1 heterocycles. The van der Waals surface area contributed by atoms with Crippen molar-refractivity contribution in [3.63, 3.8) is 0 Å². The van der Waals surface area contributed by atoms with Crippen LogP contribution < -0.4 is 5.32 Å². The largest absolute Gasteiger partial charge is 0.464 e. The fourth-order valence-electron chi connectivity index (χ4n) is 3.19. The summed E-state index contributed by atoms with van der Waals surface area (Å²) in [6.45, 7) is 3.63. The maximum atomic E-state index is 12.8. The maximum Gasteiger partial charge on any atom is 0.328 e. The fraction of sp³-hybridized carbons (Fsp3) is 0.227. The predicted molar refractivity (Wildman–Crippen MR) is 106 cm³/mol. The van der Waals surface area contributed by atoms with Gasteiger partial charge in [0.1, 0.15) is 6.04 Å². The van der Waals surface area contributed by atoms with Crippen LogP contribution in [-0.4, -0.2) is 35.3 Å². The highest BCUT2D eigenvalue weighted by molar-refractivity contribution is 6.45. The van der Waals surface area contributed by atoms with Crippen molar-refractivity contribution < 1.29 is 19.1 Å². The van der Waals surface area contributed by atoms with Gasteiger partial charge in [0, 0.05) is 23.0 Å². The molecule has 0 saturated heterocycles. The third-order valence-corrected chi connectivity index (χ3v) is 4.49. The molecule has 0 unspecified atom stereocenters. The van der Waals surface area contributed by atoms with Crippen LogP contribution >= 0.6 is 0 Å². The molecule has 0 bridgehead atoms. The first-order valence-corrected chi connectivity index (χ1v) is 9.14. The van der Waals surface area contributed by atoms with E-state index in [4.69, 9.17) is 4.74 Å². The number of ether oxygens (including phenoxy) is 1. The molecular weight excluding hydrogens is 356 g/mol. The molecule has 28 heavy (non-hydrogen) atoms. The van der Waals surface area contributed by atoms with Crippen molar-refractivity contribution in [2.45, 2.75) is 26.3 Å². The van der Waals surface area contributed by atoms with E-state index in [9.17, 15) is 14.4 Å². The van der Waals surface area contributed by atoms with Crippen LogP contribution in [0.2, 0.25) is 0 Å². The lowest BCUT2D eigenvalue weighted by Crippen LogP contribution is -2.46. The number of ketones is 1. The molecular formula is C22H22N2O4. The van der Waals surface area contributed by atoms with Crippen molar-refractivity contribution >= 4 is 28.6 Å². The predicted octanol–water partition coefficient (Wildman–Crippen LogP) is 2.95. The lowest BCUT2D eigenvalue weighted by Gasteiger charge is -2.17. The fourth-order valence-corrected chi connectivity index (χ4v) is 3.19. The average Bonchev–Trinajstić information content (AvgIpc) is 3.03. The summed E-state index contributed by atoms with van der Waals surface area (Å²) >= 11 is 0. The molecule has 1 atom stereocenters. The molecule has 144 valence electrons. The van der Waals surface area contributed by atoms with Gasteiger partial charge >= 0.3 is 5.97 Å². The minimum Gasteiger partial charge on any atom is -0.464 e.